The molecule has 6 nitrogen and oxygen atoms in total. The largest absolute Gasteiger partial charge is 0.299 e. The second kappa shape index (κ2) is 9.33. The molecule has 0 saturated heterocycles. The molecule has 1 aliphatic heterocycles. The lowest BCUT2D eigenvalue weighted by molar-refractivity contribution is -0.129. The molecule has 2 aromatic carbocycles. The molecule has 2 heterocycles. The maximum Gasteiger partial charge on any atom is 0.245 e. The Morgan fingerprint density at radius 2 is 1.82 bits per heavy atom. The van der Waals surface area contributed by atoms with Crippen LogP contribution in [0.3, 0.4) is 0 Å². The molecule has 0 spiro atoms. The third-order valence-electron chi connectivity index (χ3n) is 7.66. The van der Waals surface area contributed by atoms with Crippen molar-refractivity contribution >= 4 is 16.8 Å². The molecule has 1 saturated carbocycles. The van der Waals surface area contributed by atoms with Crippen LogP contribution in [0.15, 0.2) is 48.5 Å². The third kappa shape index (κ3) is 4.18. The minimum atomic E-state index is -0.415. The normalized spacial score (nSPS) is 17.5. The molecule has 0 radical (unpaired) electrons. The SMILES string of the molecule is N#Cc1ccc2c(c1)CCN(CCC1(C(=O)Nn3c(C#N)cc4ccccc43)CCCCC1)C2. The number of carbonyl (C=O) groups excluding carboxylic acids is 1. The number of amides is 1. The van der Waals surface area contributed by atoms with E-state index in [1.807, 2.05) is 42.5 Å². The van der Waals surface area contributed by atoms with Crippen LogP contribution in [0.1, 0.15) is 60.9 Å². The summed E-state index contributed by atoms with van der Waals surface area (Å²) in [5.74, 6) is 0.0288. The van der Waals surface area contributed by atoms with Gasteiger partial charge in [0.2, 0.25) is 5.91 Å². The summed E-state index contributed by atoms with van der Waals surface area (Å²) >= 11 is 0. The molecule has 1 amide bonds. The molecule has 1 fully saturated rings. The second-order valence-corrected chi connectivity index (χ2v) is 9.69. The lowest BCUT2D eigenvalue weighted by Crippen LogP contribution is -2.44. The molecule has 34 heavy (non-hydrogen) atoms. The van der Waals surface area contributed by atoms with Crippen LogP contribution in [0.4, 0.5) is 0 Å². The predicted octanol–water partition coefficient (Wildman–Crippen LogP) is 4.85. The van der Waals surface area contributed by atoms with E-state index in [-0.39, 0.29) is 5.91 Å². The van der Waals surface area contributed by atoms with Crippen molar-refractivity contribution in [2.24, 2.45) is 5.41 Å². The molecule has 172 valence electrons. The number of para-hydroxylation sites is 1. The first-order chi connectivity index (χ1) is 16.6. The van der Waals surface area contributed by atoms with Crippen molar-refractivity contribution < 1.29 is 4.79 Å². The zero-order chi connectivity index (χ0) is 23.5. The van der Waals surface area contributed by atoms with Gasteiger partial charge in [0.05, 0.1) is 22.6 Å². The van der Waals surface area contributed by atoms with E-state index in [1.165, 1.54) is 17.5 Å². The first-order valence-corrected chi connectivity index (χ1v) is 12.2. The molecule has 1 aromatic heterocycles. The third-order valence-corrected chi connectivity index (χ3v) is 7.66. The van der Waals surface area contributed by atoms with Crippen molar-refractivity contribution in [3.63, 3.8) is 0 Å². The van der Waals surface area contributed by atoms with Crippen molar-refractivity contribution in [2.45, 2.75) is 51.5 Å². The van der Waals surface area contributed by atoms with Gasteiger partial charge in [0.25, 0.3) is 0 Å². The summed E-state index contributed by atoms with van der Waals surface area (Å²) in [6, 6.07) is 20.0. The van der Waals surface area contributed by atoms with Crippen molar-refractivity contribution in [3.05, 3.63) is 70.9 Å². The zero-order valence-electron chi connectivity index (χ0n) is 19.4. The summed E-state index contributed by atoms with van der Waals surface area (Å²) in [6.45, 7) is 2.67. The summed E-state index contributed by atoms with van der Waals surface area (Å²) in [7, 11) is 0. The van der Waals surface area contributed by atoms with Gasteiger partial charge in [0.15, 0.2) is 0 Å². The van der Waals surface area contributed by atoms with Crippen LogP contribution in [-0.2, 0) is 17.8 Å². The Morgan fingerprint density at radius 3 is 2.62 bits per heavy atom. The molecule has 6 heteroatoms. The lowest BCUT2D eigenvalue weighted by atomic mass is 9.71. The number of nitriles is 2. The predicted molar refractivity (Wildman–Crippen MR) is 131 cm³/mol. The zero-order valence-corrected chi connectivity index (χ0v) is 19.4. The van der Waals surface area contributed by atoms with E-state index in [0.29, 0.717) is 5.69 Å². The minimum Gasteiger partial charge on any atom is -0.299 e. The maximum atomic E-state index is 13.8. The highest BCUT2D eigenvalue weighted by atomic mass is 16.2. The van der Waals surface area contributed by atoms with Gasteiger partial charge in [-0.05, 0) is 67.6 Å². The number of benzene rings is 2. The molecule has 5 rings (SSSR count). The average Bonchev–Trinajstić information content (AvgIpc) is 3.25. The highest BCUT2D eigenvalue weighted by Gasteiger charge is 2.40. The fraction of sp³-hybridized carbons (Fsp3) is 0.393. The fourth-order valence-corrected chi connectivity index (χ4v) is 5.64. The number of nitrogens with one attached hydrogen (secondary N) is 1. The number of hydrogen-bond acceptors (Lipinski definition) is 4. The molecular weight excluding hydrogens is 422 g/mol. The number of carbonyl (C=O) groups is 1. The van der Waals surface area contributed by atoms with Gasteiger partial charge in [-0.3, -0.25) is 15.1 Å². The number of rotatable bonds is 5. The highest BCUT2D eigenvalue weighted by Crippen LogP contribution is 2.40. The topological polar surface area (TPSA) is 84.8 Å². The Balaban J connectivity index is 1.33. The van der Waals surface area contributed by atoms with Gasteiger partial charge < -0.3 is 0 Å². The number of nitrogens with zero attached hydrogens (tertiary/aromatic N) is 4. The van der Waals surface area contributed by atoms with Crippen LogP contribution < -0.4 is 5.43 Å². The van der Waals surface area contributed by atoms with Crippen LogP contribution in [0.5, 0.6) is 0 Å². The molecular formula is C28H29N5O. The van der Waals surface area contributed by atoms with Crippen LogP contribution in [0, 0.1) is 28.1 Å². The fourth-order valence-electron chi connectivity index (χ4n) is 5.64. The first kappa shape index (κ1) is 22.2. The van der Waals surface area contributed by atoms with E-state index in [1.54, 1.807) is 4.68 Å². The van der Waals surface area contributed by atoms with Crippen LogP contribution in [-0.4, -0.2) is 28.6 Å². The van der Waals surface area contributed by atoms with Gasteiger partial charge >= 0.3 is 0 Å². The van der Waals surface area contributed by atoms with Gasteiger partial charge in [0, 0.05) is 18.5 Å². The summed E-state index contributed by atoms with van der Waals surface area (Å²) in [5, 5.41) is 19.8. The van der Waals surface area contributed by atoms with Crippen molar-refractivity contribution in [2.75, 3.05) is 18.5 Å². The van der Waals surface area contributed by atoms with E-state index in [9.17, 15) is 10.1 Å². The average molecular weight is 452 g/mol. The molecule has 0 atom stereocenters. The van der Waals surface area contributed by atoms with Crippen LogP contribution >= 0.6 is 0 Å². The van der Waals surface area contributed by atoms with E-state index >= 15 is 0 Å². The molecule has 0 bridgehead atoms. The summed E-state index contributed by atoms with van der Waals surface area (Å²) in [4.78, 5) is 16.2. The Kier molecular flexibility index (Phi) is 6.09. The van der Waals surface area contributed by atoms with Crippen molar-refractivity contribution in [3.8, 4) is 12.1 Å². The quantitative estimate of drug-likeness (QED) is 0.601. The standard InChI is InChI=1S/C28H29N5O/c29-18-21-8-9-24-20-32(14-10-22(24)16-21)15-13-28(11-4-1-5-12-28)27(34)31-33-25(19-30)17-23-6-2-3-7-26(23)33/h2-3,6-9,16-17H,1,4-5,10-15,20H2,(H,31,34). The van der Waals surface area contributed by atoms with E-state index in [0.717, 1.165) is 74.6 Å². The molecule has 2 aliphatic rings. The van der Waals surface area contributed by atoms with Gasteiger partial charge in [-0.1, -0.05) is 43.5 Å². The van der Waals surface area contributed by atoms with Gasteiger partial charge in [0.1, 0.15) is 11.8 Å². The minimum absolute atomic E-state index is 0.0288. The monoisotopic (exact) mass is 451 g/mol. The second-order valence-electron chi connectivity index (χ2n) is 9.69. The highest BCUT2D eigenvalue weighted by molar-refractivity contribution is 5.92. The van der Waals surface area contributed by atoms with Gasteiger partial charge in [-0.15, -0.1) is 0 Å². The Hall–Kier alpha value is -3.61. The first-order valence-electron chi connectivity index (χ1n) is 12.2. The van der Waals surface area contributed by atoms with Crippen LogP contribution in [0.2, 0.25) is 0 Å². The van der Waals surface area contributed by atoms with Crippen LogP contribution in [0.25, 0.3) is 10.9 Å². The van der Waals surface area contributed by atoms with E-state index < -0.39 is 5.41 Å². The number of aromatic nitrogens is 1. The molecule has 3 aromatic rings. The number of hydrogen-bond donors (Lipinski definition) is 1. The molecule has 0 unspecified atom stereocenters. The summed E-state index contributed by atoms with van der Waals surface area (Å²) in [6.07, 6.45) is 6.81. The van der Waals surface area contributed by atoms with Crippen molar-refractivity contribution in [1.82, 2.24) is 9.58 Å². The van der Waals surface area contributed by atoms with E-state index in [2.05, 4.69) is 28.5 Å². The smallest absolute Gasteiger partial charge is 0.245 e. The Labute approximate surface area is 200 Å². The Morgan fingerprint density at radius 1 is 1.00 bits per heavy atom. The molecule has 1 aliphatic carbocycles. The summed E-state index contributed by atoms with van der Waals surface area (Å²) in [5.41, 5.74) is 7.27. The number of fused-ring (bicyclic) bond motifs is 2. The van der Waals surface area contributed by atoms with Crippen molar-refractivity contribution in [1.29, 1.82) is 10.5 Å². The van der Waals surface area contributed by atoms with Gasteiger partial charge in [-0.25, -0.2) is 4.68 Å². The van der Waals surface area contributed by atoms with Gasteiger partial charge in [-0.2, -0.15) is 10.5 Å². The Bertz CT molecular complexity index is 1300. The lowest BCUT2D eigenvalue weighted by Gasteiger charge is -2.38. The summed E-state index contributed by atoms with van der Waals surface area (Å²) < 4.78 is 1.66. The molecule has 1 N–H and O–H groups in total. The van der Waals surface area contributed by atoms with E-state index in [4.69, 9.17) is 5.26 Å². The maximum absolute atomic E-state index is 13.8.